The van der Waals surface area contributed by atoms with Crippen LogP contribution in [0.5, 0.6) is 23.0 Å². The Morgan fingerprint density at radius 2 is 1.76 bits per heavy atom. The number of hydrogen-bond acceptors (Lipinski definition) is 6. The van der Waals surface area contributed by atoms with Crippen molar-refractivity contribution in [3.63, 3.8) is 0 Å². The van der Waals surface area contributed by atoms with Crippen molar-refractivity contribution in [2.24, 2.45) is 0 Å². The molecule has 6 nitrogen and oxygen atoms in total. The average Bonchev–Trinajstić information content (AvgIpc) is 2.81. The minimum Gasteiger partial charge on any atom is -0.496 e. The molecule has 34 heavy (non-hydrogen) atoms. The third-order valence-electron chi connectivity index (χ3n) is 6.01. The van der Waals surface area contributed by atoms with Crippen molar-refractivity contribution in [3.05, 3.63) is 71.8 Å². The number of rotatable bonds is 6. The first-order valence-corrected chi connectivity index (χ1v) is 11.3. The van der Waals surface area contributed by atoms with Crippen molar-refractivity contribution in [2.45, 2.75) is 32.6 Å². The smallest absolute Gasteiger partial charge is 0.268 e. The van der Waals surface area contributed by atoms with Crippen molar-refractivity contribution in [3.8, 4) is 34.1 Å². The molecule has 0 spiro atoms. The summed E-state index contributed by atoms with van der Waals surface area (Å²) in [7, 11) is 3.27. The highest BCUT2D eigenvalue weighted by atomic mass is 16.7. The molecule has 2 aliphatic heterocycles. The molecule has 3 aromatic carbocycles. The van der Waals surface area contributed by atoms with E-state index >= 15 is 0 Å². The summed E-state index contributed by atoms with van der Waals surface area (Å²) in [5.41, 5.74) is 6.08. The van der Waals surface area contributed by atoms with E-state index in [0.29, 0.717) is 17.2 Å². The van der Waals surface area contributed by atoms with Crippen LogP contribution in [0.1, 0.15) is 38.2 Å². The van der Waals surface area contributed by atoms with E-state index < -0.39 is 6.29 Å². The van der Waals surface area contributed by atoms with Crippen molar-refractivity contribution < 1.29 is 23.7 Å². The molecule has 0 fully saturated rings. The zero-order chi connectivity index (χ0) is 23.9. The Morgan fingerprint density at radius 3 is 2.56 bits per heavy atom. The lowest BCUT2D eigenvalue weighted by Crippen LogP contribution is -2.33. The van der Waals surface area contributed by atoms with E-state index in [1.54, 1.807) is 14.2 Å². The molecule has 1 N–H and O–H groups in total. The van der Waals surface area contributed by atoms with Gasteiger partial charge in [0.05, 0.1) is 23.8 Å². The Balaban J connectivity index is 1.65. The summed E-state index contributed by atoms with van der Waals surface area (Å²) in [6.07, 6.45) is 1.58. The molecule has 6 heteroatoms. The molecule has 0 aliphatic carbocycles. The number of methoxy groups -OCH3 is 2. The summed E-state index contributed by atoms with van der Waals surface area (Å²) in [6, 6.07) is 17.5. The molecule has 1 unspecified atom stereocenters. The van der Waals surface area contributed by atoms with E-state index in [4.69, 9.17) is 23.7 Å². The van der Waals surface area contributed by atoms with Gasteiger partial charge in [0.2, 0.25) is 0 Å². The molecule has 0 bridgehead atoms. The number of benzene rings is 3. The van der Waals surface area contributed by atoms with Crippen LogP contribution >= 0.6 is 0 Å². The van der Waals surface area contributed by atoms with Crippen LogP contribution in [0.25, 0.3) is 16.7 Å². The van der Waals surface area contributed by atoms with E-state index in [2.05, 4.69) is 44.3 Å². The maximum absolute atomic E-state index is 6.47. The zero-order valence-corrected chi connectivity index (χ0v) is 20.1. The lowest BCUT2D eigenvalue weighted by Gasteiger charge is -2.37. The van der Waals surface area contributed by atoms with Crippen LogP contribution in [0.2, 0.25) is 0 Å². The maximum Gasteiger partial charge on any atom is 0.268 e. The fourth-order valence-electron chi connectivity index (χ4n) is 4.80. The molecule has 5 rings (SSSR count). The number of allylic oxidation sites excluding steroid dienone is 1. The monoisotopic (exact) mass is 459 g/mol. The fraction of sp³-hybridized carbons (Fsp3) is 0.286. The molecule has 0 saturated heterocycles. The summed E-state index contributed by atoms with van der Waals surface area (Å²) in [5, 5.41) is 3.63. The molecule has 176 valence electrons. The number of anilines is 1. The number of hydrogen-bond donors (Lipinski definition) is 1. The lowest BCUT2D eigenvalue weighted by atomic mass is 9.83. The largest absolute Gasteiger partial charge is 0.496 e. The van der Waals surface area contributed by atoms with Gasteiger partial charge in [-0.2, -0.15) is 0 Å². The molecule has 1 atom stereocenters. The average molecular weight is 460 g/mol. The van der Waals surface area contributed by atoms with Gasteiger partial charge >= 0.3 is 0 Å². The quantitative estimate of drug-likeness (QED) is 0.429. The minimum atomic E-state index is -0.659. The summed E-state index contributed by atoms with van der Waals surface area (Å²) >= 11 is 0. The van der Waals surface area contributed by atoms with Gasteiger partial charge in [-0.05, 0) is 56.7 Å². The Bertz CT molecular complexity index is 1260. The van der Waals surface area contributed by atoms with E-state index in [1.165, 1.54) is 5.57 Å². The SMILES string of the molecule is COCOc1cccc(OC2Oc3cccc(OC)c3-c3ccc4c(c32)C(C)=CC(C)(C)N4)c1. The molecular weight excluding hydrogens is 430 g/mol. The van der Waals surface area contributed by atoms with Crippen LogP contribution in [0.3, 0.4) is 0 Å². The Kier molecular flexibility index (Phi) is 5.62. The predicted octanol–water partition coefficient (Wildman–Crippen LogP) is 6.42. The van der Waals surface area contributed by atoms with E-state index in [-0.39, 0.29) is 12.3 Å². The van der Waals surface area contributed by atoms with Crippen LogP contribution in [0, 0.1) is 0 Å². The van der Waals surface area contributed by atoms with Crippen LogP contribution in [0.15, 0.2) is 60.7 Å². The summed E-state index contributed by atoms with van der Waals surface area (Å²) < 4.78 is 29.2. The fourth-order valence-corrected chi connectivity index (χ4v) is 4.80. The van der Waals surface area contributed by atoms with Gasteiger partial charge in [0.15, 0.2) is 6.79 Å². The third kappa shape index (κ3) is 3.94. The molecular formula is C28H29NO5. The molecule has 3 aromatic rings. The standard InChI is InChI=1S/C28H29NO5/c1-17-15-28(2,3)29-21-13-12-20-25-22(31-5)10-7-11-23(25)34-27(26(20)24(17)21)33-19-9-6-8-18(14-19)32-16-30-4/h6-15,27,29H,16H2,1-5H3. The molecule has 2 aliphatic rings. The van der Waals surface area contributed by atoms with Crippen molar-refractivity contribution in [1.82, 2.24) is 0 Å². The molecule has 0 radical (unpaired) electrons. The van der Waals surface area contributed by atoms with Gasteiger partial charge in [0.1, 0.15) is 23.0 Å². The molecule has 0 amide bonds. The van der Waals surface area contributed by atoms with Crippen molar-refractivity contribution in [1.29, 1.82) is 0 Å². The first kappa shape index (κ1) is 22.2. The second kappa shape index (κ2) is 8.61. The highest BCUT2D eigenvalue weighted by Crippen LogP contribution is 2.52. The second-order valence-corrected chi connectivity index (χ2v) is 9.05. The van der Waals surface area contributed by atoms with Gasteiger partial charge in [0, 0.05) is 30.0 Å². The number of fused-ring (bicyclic) bond motifs is 5. The minimum absolute atomic E-state index is 0.153. The van der Waals surface area contributed by atoms with Crippen LogP contribution < -0.4 is 24.3 Å². The first-order chi connectivity index (χ1) is 16.4. The van der Waals surface area contributed by atoms with Gasteiger partial charge in [-0.3, -0.25) is 0 Å². The summed E-state index contributed by atoms with van der Waals surface area (Å²) in [5.74, 6) is 2.78. The highest BCUT2D eigenvalue weighted by molar-refractivity contribution is 5.91. The Hall–Kier alpha value is -3.64. The maximum atomic E-state index is 6.47. The molecule has 2 heterocycles. The lowest BCUT2D eigenvalue weighted by molar-refractivity contribution is 0.000964. The van der Waals surface area contributed by atoms with Crippen LogP contribution in [-0.2, 0) is 4.74 Å². The normalized spacial score (nSPS) is 17.2. The van der Waals surface area contributed by atoms with Gasteiger partial charge < -0.3 is 29.0 Å². The van der Waals surface area contributed by atoms with Crippen molar-refractivity contribution in [2.75, 3.05) is 26.3 Å². The summed E-state index contributed by atoms with van der Waals surface area (Å²) in [6.45, 7) is 6.62. The molecule has 0 saturated carbocycles. The first-order valence-electron chi connectivity index (χ1n) is 11.3. The highest BCUT2D eigenvalue weighted by Gasteiger charge is 2.36. The Labute approximate surface area is 200 Å². The molecule has 0 aromatic heterocycles. The third-order valence-corrected chi connectivity index (χ3v) is 6.01. The Morgan fingerprint density at radius 1 is 0.971 bits per heavy atom. The van der Waals surface area contributed by atoms with Crippen molar-refractivity contribution >= 4 is 11.3 Å². The van der Waals surface area contributed by atoms with Crippen LogP contribution in [0.4, 0.5) is 5.69 Å². The predicted molar refractivity (Wildman–Crippen MR) is 133 cm³/mol. The zero-order valence-electron chi connectivity index (χ0n) is 20.1. The van der Waals surface area contributed by atoms with Gasteiger partial charge in [0.25, 0.3) is 6.29 Å². The van der Waals surface area contributed by atoms with Crippen LogP contribution in [-0.4, -0.2) is 26.6 Å². The van der Waals surface area contributed by atoms with Gasteiger partial charge in [-0.15, -0.1) is 0 Å². The van der Waals surface area contributed by atoms with E-state index in [1.807, 2.05) is 42.5 Å². The number of nitrogens with one attached hydrogen (secondary N) is 1. The number of ether oxygens (including phenoxy) is 5. The topological polar surface area (TPSA) is 58.2 Å². The van der Waals surface area contributed by atoms with E-state index in [0.717, 1.165) is 33.7 Å². The summed E-state index contributed by atoms with van der Waals surface area (Å²) in [4.78, 5) is 0. The van der Waals surface area contributed by atoms with E-state index in [9.17, 15) is 0 Å². The van der Waals surface area contributed by atoms with Gasteiger partial charge in [-0.25, -0.2) is 0 Å². The second-order valence-electron chi connectivity index (χ2n) is 9.05. The van der Waals surface area contributed by atoms with Gasteiger partial charge in [-0.1, -0.05) is 24.3 Å².